The standard InChI is InChI=1S/C10H15N3O2/c1-3-15-10(14)8-7(2)12-13-6-4-5-11-9(8)13/h11H,3-6H2,1-2H3. The lowest BCUT2D eigenvalue weighted by atomic mass is 10.2. The molecule has 0 fully saturated rings. The zero-order valence-electron chi connectivity index (χ0n) is 9.04. The fourth-order valence-electron chi connectivity index (χ4n) is 1.81. The molecule has 2 heterocycles. The van der Waals surface area contributed by atoms with Crippen molar-refractivity contribution < 1.29 is 9.53 Å². The Labute approximate surface area is 88.4 Å². The number of aromatic nitrogens is 2. The van der Waals surface area contributed by atoms with E-state index in [9.17, 15) is 4.79 Å². The number of anilines is 1. The van der Waals surface area contributed by atoms with E-state index in [-0.39, 0.29) is 5.97 Å². The lowest BCUT2D eigenvalue weighted by Crippen LogP contribution is -2.19. The average Bonchev–Trinajstić information content (AvgIpc) is 2.54. The predicted molar refractivity (Wildman–Crippen MR) is 56.0 cm³/mol. The van der Waals surface area contributed by atoms with Crippen molar-refractivity contribution in [1.82, 2.24) is 9.78 Å². The third-order valence-electron chi connectivity index (χ3n) is 2.45. The number of nitrogens with zero attached hydrogens (tertiary/aromatic N) is 2. The molecule has 0 aromatic carbocycles. The van der Waals surface area contributed by atoms with Gasteiger partial charge in [0, 0.05) is 13.1 Å². The first-order chi connectivity index (χ1) is 7.24. The van der Waals surface area contributed by atoms with Gasteiger partial charge >= 0.3 is 5.97 Å². The number of hydrogen-bond donors (Lipinski definition) is 1. The quantitative estimate of drug-likeness (QED) is 0.743. The second-order valence-corrected chi connectivity index (χ2v) is 3.53. The van der Waals surface area contributed by atoms with E-state index >= 15 is 0 Å². The lowest BCUT2D eigenvalue weighted by Gasteiger charge is -2.16. The number of carbonyl (C=O) groups excluding carboxylic acids is 1. The zero-order chi connectivity index (χ0) is 10.8. The maximum absolute atomic E-state index is 11.7. The highest BCUT2D eigenvalue weighted by molar-refractivity contribution is 5.96. The van der Waals surface area contributed by atoms with Crippen LogP contribution in [0.5, 0.6) is 0 Å². The van der Waals surface area contributed by atoms with Gasteiger partial charge in [-0.25, -0.2) is 9.48 Å². The van der Waals surface area contributed by atoms with Crippen LogP contribution in [0.15, 0.2) is 0 Å². The van der Waals surface area contributed by atoms with Gasteiger partial charge in [-0.1, -0.05) is 0 Å². The van der Waals surface area contributed by atoms with Crippen LogP contribution in [0.3, 0.4) is 0 Å². The molecule has 0 saturated carbocycles. The summed E-state index contributed by atoms with van der Waals surface area (Å²) in [6.45, 7) is 5.78. The molecule has 1 aliphatic rings. The Bertz CT molecular complexity index is 384. The summed E-state index contributed by atoms with van der Waals surface area (Å²) >= 11 is 0. The van der Waals surface area contributed by atoms with E-state index < -0.39 is 0 Å². The van der Waals surface area contributed by atoms with E-state index in [4.69, 9.17) is 4.74 Å². The van der Waals surface area contributed by atoms with Crippen molar-refractivity contribution in [3.8, 4) is 0 Å². The van der Waals surface area contributed by atoms with E-state index in [0.29, 0.717) is 12.2 Å². The second-order valence-electron chi connectivity index (χ2n) is 3.53. The van der Waals surface area contributed by atoms with Crippen molar-refractivity contribution in [2.45, 2.75) is 26.8 Å². The van der Waals surface area contributed by atoms with Crippen LogP contribution in [0, 0.1) is 6.92 Å². The minimum absolute atomic E-state index is 0.286. The zero-order valence-corrected chi connectivity index (χ0v) is 9.04. The Morgan fingerprint density at radius 2 is 2.47 bits per heavy atom. The number of carbonyl (C=O) groups is 1. The van der Waals surface area contributed by atoms with E-state index in [2.05, 4.69) is 10.4 Å². The SMILES string of the molecule is CCOC(=O)c1c(C)nn2c1NCCC2. The molecule has 0 unspecified atom stereocenters. The number of esters is 1. The van der Waals surface area contributed by atoms with Crippen LogP contribution < -0.4 is 5.32 Å². The van der Waals surface area contributed by atoms with Gasteiger partial charge in [0.1, 0.15) is 11.4 Å². The highest BCUT2D eigenvalue weighted by atomic mass is 16.5. The molecule has 0 aliphatic carbocycles. The summed E-state index contributed by atoms with van der Waals surface area (Å²) in [5.74, 6) is 0.517. The molecule has 2 rings (SSSR count). The number of ether oxygens (including phenoxy) is 1. The average molecular weight is 209 g/mol. The summed E-state index contributed by atoms with van der Waals surface area (Å²) in [6, 6.07) is 0. The predicted octanol–water partition coefficient (Wildman–Crippen LogP) is 1.18. The van der Waals surface area contributed by atoms with Gasteiger partial charge < -0.3 is 10.1 Å². The molecule has 1 aromatic rings. The smallest absolute Gasteiger partial charge is 0.343 e. The molecule has 0 saturated heterocycles. The summed E-state index contributed by atoms with van der Waals surface area (Å²) in [7, 11) is 0. The molecular weight excluding hydrogens is 194 g/mol. The van der Waals surface area contributed by atoms with Crippen LogP contribution in [-0.4, -0.2) is 28.9 Å². The Balaban J connectivity index is 2.37. The Hall–Kier alpha value is -1.52. The maximum atomic E-state index is 11.7. The summed E-state index contributed by atoms with van der Waals surface area (Å²) in [6.07, 6.45) is 1.04. The normalized spacial score (nSPS) is 14.3. The van der Waals surface area contributed by atoms with Crippen molar-refractivity contribution >= 4 is 11.8 Å². The highest BCUT2D eigenvalue weighted by Crippen LogP contribution is 2.23. The number of nitrogens with one attached hydrogen (secondary N) is 1. The van der Waals surface area contributed by atoms with E-state index in [1.54, 1.807) is 6.92 Å². The molecular formula is C10H15N3O2. The molecule has 5 nitrogen and oxygen atoms in total. The first kappa shape index (κ1) is 10.0. The van der Waals surface area contributed by atoms with Crippen LogP contribution in [0.4, 0.5) is 5.82 Å². The van der Waals surface area contributed by atoms with E-state index in [1.807, 2.05) is 11.6 Å². The van der Waals surface area contributed by atoms with Gasteiger partial charge in [0.25, 0.3) is 0 Å². The van der Waals surface area contributed by atoms with E-state index in [1.165, 1.54) is 0 Å². The summed E-state index contributed by atoms with van der Waals surface area (Å²) in [4.78, 5) is 11.7. The Kier molecular flexibility index (Phi) is 2.62. The largest absolute Gasteiger partial charge is 0.462 e. The number of fused-ring (bicyclic) bond motifs is 1. The van der Waals surface area contributed by atoms with Gasteiger partial charge in [0.05, 0.1) is 12.3 Å². The third-order valence-corrected chi connectivity index (χ3v) is 2.45. The lowest BCUT2D eigenvalue weighted by molar-refractivity contribution is 0.0526. The minimum atomic E-state index is -0.286. The Morgan fingerprint density at radius 1 is 1.67 bits per heavy atom. The number of rotatable bonds is 2. The van der Waals surface area contributed by atoms with Gasteiger partial charge in [0.2, 0.25) is 0 Å². The third kappa shape index (κ3) is 1.69. The summed E-state index contributed by atoms with van der Waals surface area (Å²) in [5.41, 5.74) is 1.31. The first-order valence-corrected chi connectivity index (χ1v) is 5.22. The van der Waals surface area contributed by atoms with Crippen molar-refractivity contribution in [2.24, 2.45) is 0 Å². The fraction of sp³-hybridized carbons (Fsp3) is 0.600. The van der Waals surface area contributed by atoms with Gasteiger partial charge in [-0.15, -0.1) is 0 Å². The number of aryl methyl sites for hydroxylation is 2. The Morgan fingerprint density at radius 3 is 3.20 bits per heavy atom. The molecule has 0 atom stereocenters. The number of hydrogen-bond acceptors (Lipinski definition) is 4. The first-order valence-electron chi connectivity index (χ1n) is 5.22. The summed E-state index contributed by atoms with van der Waals surface area (Å²) in [5, 5.41) is 7.50. The van der Waals surface area contributed by atoms with Gasteiger partial charge in [0.15, 0.2) is 0 Å². The molecule has 1 N–H and O–H groups in total. The molecule has 5 heteroatoms. The minimum Gasteiger partial charge on any atom is -0.462 e. The monoisotopic (exact) mass is 209 g/mol. The van der Waals surface area contributed by atoms with Crippen LogP contribution in [-0.2, 0) is 11.3 Å². The van der Waals surface area contributed by atoms with Crippen LogP contribution >= 0.6 is 0 Å². The molecule has 0 radical (unpaired) electrons. The molecule has 82 valence electrons. The van der Waals surface area contributed by atoms with Gasteiger partial charge in [-0.2, -0.15) is 5.10 Å². The topological polar surface area (TPSA) is 56.1 Å². The van der Waals surface area contributed by atoms with Crippen LogP contribution in [0.25, 0.3) is 0 Å². The van der Waals surface area contributed by atoms with Crippen molar-refractivity contribution in [3.05, 3.63) is 11.3 Å². The molecule has 1 aliphatic heterocycles. The second kappa shape index (κ2) is 3.92. The van der Waals surface area contributed by atoms with Gasteiger partial charge in [-0.05, 0) is 20.3 Å². The molecule has 0 spiro atoms. The highest BCUT2D eigenvalue weighted by Gasteiger charge is 2.23. The van der Waals surface area contributed by atoms with Crippen molar-refractivity contribution in [1.29, 1.82) is 0 Å². The van der Waals surface area contributed by atoms with Gasteiger partial charge in [-0.3, -0.25) is 0 Å². The molecule has 1 aromatic heterocycles. The van der Waals surface area contributed by atoms with Crippen molar-refractivity contribution in [2.75, 3.05) is 18.5 Å². The summed E-state index contributed by atoms with van der Waals surface area (Å²) < 4.78 is 6.84. The molecule has 15 heavy (non-hydrogen) atoms. The molecule has 0 amide bonds. The fourth-order valence-corrected chi connectivity index (χ4v) is 1.81. The van der Waals surface area contributed by atoms with Crippen LogP contribution in [0.1, 0.15) is 29.4 Å². The van der Waals surface area contributed by atoms with Crippen LogP contribution in [0.2, 0.25) is 0 Å². The maximum Gasteiger partial charge on any atom is 0.343 e. The molecule has 0 bridgehead atoms. The van der Waals surface area contributed by atoms with Crippen molar-refractivity contribution in [3.63, 3.8) is 0 Å². The van der Waals surface area contributed by atoms with E-state index in [0.717, 1.165) is 31.0 Å².